The van der Waals surface area contributed by atoms with Crippen LogP contribution in [0.2, 0.25) is 0 Å². The van der Waals surface area contributed by atoms with Gasteiger partial charge in [-0.2, -0.15) is 0 Å². The van der Waals surface area contributed by atoms with Crippen molar-refractivity contribution in [1.82, 2.24) is 0 Å². The number of quaternary nitrogens is 1. The van der Waals surface area contributed by atoms with Crippen LogP contribution in [-0.4, -0.2) is 26.6 Å². The van der Waals surface area contributed by atoms with Crippen LogP contribution in [0.25, 0.3) is 0 Å². The van der Waals surface area contributed by atoms with Crippen LogP contribution in [0.5, 0.6) is 0 Å². The third kappa shape index (κ3) is 21.6. The number of rotatable bonds is 10. The summed E-state index contributed by atoms with van der Waals surface area (Å²) in [6, 6.07) is 0. The summed E-state index contributed by atoms with van der Waals surface area (Å²) in [6.07, 6.45) is 8.91. The second kappa shape index (κ2) is 13.9. The van der Waals surface area contributed by atoms with E-state index in [4.69, 9.17) is 0 Å². The molecule has 0 aromatic heterocycles. The van der Waals surface area contributed by atoms with Crippen LogP contribution >= 0.6 is 0 Å². The lowest BCUT2D eigenvalue weighted by molar-refractivity contribution is -0.325. The van der Waals surface area contributed by atoms with Gasteiger partial charge in [-0.05, 0) is 6.42 Å². The Morgan fingerprint density at radius 2 is 1.35 bits per heavy atom. The fourth-order valence-corrected chi connectivity index (χ4v) is 1.72. The average Bonchev–Trinajstić information content (AvgIpc) is 2.28. The van der Waals surface area contributed by atoms with Gasteiger partial charge < -0.3 is 10.3 Å². The molecule has 0 aromatic carbocycles. The monoisotopic (exact) mass is 269 g/mol. The van der Waals surface area contributed by atoms with Crippen molar-refractivity contribution in [2.45, 2.75) is 58.3 Å². The molecule has 3 N–H and O–H groups in total. The van der Waals surface area contributed by atoms with E-state index in [1.165, 1.54) is 32.1 Å². The zero-order valence-electron chi connectivity index (χ0n) is 11.1. The molecule has 0 atom stereocenters. The van der Waals surface area contributed by atoms with Gasteiger partial charge in [-0.3, -0.25) is 4.18 Å². The van der Waals surface area contributed by atoms with Crippen LogP contribution in [0.15, 0.2) is 0 Å². The Labute approximate surface area is 106 Å². The molecule has 0 saturated heterocycles. The molecule has 5 nitrogen and oxygen atoms in total. The van der Waals surface area contributed by atoms with Crippen LogP contribution < -0.4 is 5.73 Å². The molecule has 0 rings (SSSR count). The molecule has 0 fully saturated rings. The van der Waals surface area contributed by atoms with Gasteiger partial charge in [-0.15, -0.1) is 0 Å². The molecule has 0 aliphatic heterocycles. The Balaban J connectivity index is 0. The maximum atomic E-state index is 10.1. The molecule has 0 aliphatic carbocycles. The van der Waals surface area contributed by atoms with E-state index in [0.29, 0.717) is 6.42 Å². The molecule has 0 amide bonds. The summed E-state index contributed by atoms with van der Waals surface area (Å²) in [4.78, 5) is 0. The summed E-state index contributed by atoms with van der Waals surface area (Å²) in [6.45, 7) is 2.21. The van der Waals surface area contributed by atoms with Gasteiger partial charge in [0.25, 0.3) is 0 Å². The molecule has 0 saturated carbocycles. The quantitative estimate of drug-likeness (QED) is 0.369. The molecule has 0 bridgehead atoms. The van der Waals surface area contributed by atoms with Gasteiger partial charge in [-0.1, -0.05) is 51.9 Å². The maximum absolute atomic E-state index is 10.1. The van der Waals surface area contributed by atoms with Gasteiger partial charge in [0.15, 0.2) is 0 Å². The molecule has 0 unspecified atom stereocenters. The van der Waals surface area contributed by atoms with E-state index in [1.807, 2.05) is 0 Å². The topological polar surface area (TPSA) is 94.1 Å². The van der Waals surface area contributed by atoms with Crippen molar-refractivity contribution < 1.29 is 22.9 Å². The van der Waals surface area contributed by atoms with E-state index in [1.54, 1.807) is 7.05 Å². The van der Waals surface area contributed by atoms with Gasteiger partial charge in [0.1, 0.15) is 0 Å². The zero-order valence-corrected chi connectivity index (χ0v) is 11.9. The van der Waals surface area contributed by atoms with Gasteiger partial charge in [0, 0.05) is 0 Å². The third-order valence-corrected chi connectivity index (χ3v) is 2.68. The molecule has 0 heterocycles. The molecule has 106 valence electrons. The van der Waals surface area contributed by atoms with Gasteiger partial charge in [0.05, 0.1) is 13.7 Å². The summed E-state index contributed by atoms with van der Waals surface area (Å²) in [5.41, 5.74) is 3.25. The minimum atomic E-state index is -4.48. The molecule has 0 aromatic rings. The van der Waals surface area contributed by atoms with E-state index in [0.717, 1.165) is 12.8 Å². The molecular formula is C11H27NO4S. The van der Waals surface area contributed by atoms with Crippen LogP contribution in [-0.2, 0) is 14.6 Å². The Morgan fingerprint density at radius 1 is 0.941 bits per heavy atom. The van der Waals surface area contributed by atoms with Crippen molar-refractivity contribution in [2.24, 2.45) is 0 Å². The fourth-order valence-electron chi connectivity index (χ4n) is 1.40. The van der Waals surface area contributed by atoms with E-state index in [2.05, 4.69) is 16.8 Å². The third-order valence-electron chi connectivity index (χ3n) is 2.23. The van der Waals surface area contributed by atoms with Crippen molar-refractivity contribution in [3.05, 3.63) is 0 Å². The first-order chi connectivity index (χ1) is 8.06. The molecule has 0 radical (unpaired) electrons. The Bertz CT molecular complexity index is 230. The van der Waals surface area contributed by atoms with Gasteiger partial charge in [-0.25, -0.2) is 8.42 Å². The van der Waals surface area contributed by atoms with Crippen molar-refractivity contribution in [2.75, 3.05) is 13.7 Å². The van der Waals surface area contributed by atoms with Crippen molar-refractivity contribution >= 4 is 10.4 Å². The number of hydrogen-bond acceptors (Lipinski definition) is 4. The highest BCUT2D eigenvalue weighted by atomic mass is 32.3. The number of unbranched alkanes of at least 4 members (excludes halogenated alkanes) is 7. The highest BCUT2D eigenvalue weighted by molar-refractivity contribution is 7.80. The summed E-state index contributed by atoms with van der Waals surface area (Å²) in [5, 5.41) is 0. The average molecular weight is 269 g/mol. The first-order valence-electron chi connectivity index (χ1n) is 6.37. The second-order valence-electron chi connectivity index (χ2n) is 3.71. The predicted molar refractivity (Wildman–Crippen MR) is 67.1 cm³/mol. The highest BCUT2D eigenvalue weighted by Crippen LogP contribution is 2.08. The summed E-state index contributed by atoms with van der Waals surface area (Å²) >= 11 is 0. The van der Waals surface area contributed by atoms with E-state index in [9.17, 15) is 13.0 Å². The minimum absolute atomic E-state index is 0.0286. The molecule has 17 heavy (non-hydrogen) atoms. The van der Waals surface area contributed by atoms with Crippen LogP contribution in [0, 0.1) is 0 Å². The lowest BCUT2D eigenvalue weighted by Crippen LogP contribution is -2.40. The summed E-state index contributed by atoms with van der Waals surface area (Å²) in [7, 11) is -2.73. The minimum Gasteiger partial charge on any atom is -0.726 e. The Hall–Kier alpha value is -0.170. The van der Waals surface area contributed by atoms with E-state index >= 15 is 0 Å². The zero-order chi connectivity index (χ0) is 13.6. The lowest BCUT2D eigenvalue weighted by atomic mass is 10.1. The molecule has 0 aliphatic rings. The largest absolute Gasteiger partial charge is 0.726 e. The molecule has 6 heteroatoms. The normalized spacial score (nSPS) is 10.8. The SMILES string of the molecule is CCCCCCCCCCOS(=O)(=O)[O-].C[NH3+]. The van der Waals surface area contributed by atoms with Crippen LogP contribution in [0.3, 0.4) is 0 Å². The number of hydrogen-bond donors (Lipinski definition) is 1. The second-order valence-corrected chi connectivity index (χ2v) is 4.76. The standard InChI is InChI=1S/C10H22O4S.CH5N/c1-2-3-4-5-6-7-8-9-10-14-15(11,12)13;1-2/h2-10H2,1H3,(H,11,12,13);2H2,1H3. The first-order valence-corrected chi connectivity index (χ1v) is 7.70. The first kappa shape index (κ1) is 19.2. The van der Waals surface area contributed by atoms with E-state index in [-0.39, 0.29) is 6.61 Å². The lowest BCUT2D eigenvalue weighted by Gasteiger charge is -2.06. The summed E-state index contributed by atoms with van der Waals surface area (Å²) < 4.78 is 34.3. The highest BCUT2D eigenvalue weighted by Gasteiger charge is 1.95. The van der Waals surface area contributed by atoms with Gasteiger partial charge in [0.2, 0.25) is 10.4 Å². The van der Waals surface area contributed by atoms with Crippen LogP contribution in [0.1, 0.15) is 58.3 Å². The Morgan fingerprint density at radius 3 is 1.76 bits per heavy atom. The fraction of sp³-hybridized carbons (Fsp3) is 1.00. The van der Waals surface area contributed by atoms with Crippen molar-refractivity contribution in [3.8, 4) is 0 Å². The van der Waals surface area contributed by atoms with E-state index < -0.39 is 10.4 Å². The summed E-state index contributed by atoms with van der Waals surface area (Å²) in [5.74, 6) is 0. The predicted octanol–water partition coefficient (Wildman–Crippen LogP) is 1.46. The molecular weight excluding hydrogens is 242 g/mol. The van der Waals surface area contributed by atoms with Crippen LogP contribution in [0.4, 0.5) is 0 Å². The smallest absolute Gasteiger partial charge is 0.217 e. The van der Waals surface area contributed by atoms with Gasteiger partial charge >= 0.3 is 0 Å². The maximum Gasteiger partial charge on any atom is 0.217 e. The Kier molecular flexibility index (Phi) is 15.7. The van der Waals surface area contributed by atoms with Crippen molar-refractivity contribution in [1.29, 1.82) is 0 Å². The van der Waals surface area contributed by atoms with Crippen molar-refractivity contribution in [3.63, 3.8) is 0 Å². The molecule has 0 spiro atoms.